The van der Waals surface area contributed by atoms with Crippen molar-refractivity contribution in [3.63, 3.8) is 0 Å². The Kier molecular flexibility index (Phi) is 7.17. The van der Waals surface area contributed by atoms with E-state index in [0.717, 1.165) is 11.1 Å². The van der Waals surface area contributed by atoms with Crippen LogP contribution in [-0.4, -0.2) is 30.6 Å². The van der Waals surface area contributed by atoms with Crippen LogP contribution in [0.4, 0.5) is 4.79 Å². The fourth-order valence-electron chi connectivity index (χ4n) is 2.25. The second-order valence-corrected chi connectivity index (χ2v) is 5.54. The number of benzene rings is 2. The monoisotopic (exact) mass is 355 g/mol. The summed E-state index contributed by atoms with van der Waals surface area (Å²) < 4.78 is 5.11. The molecule has 7 heteroatoms. The maximum Gasteiger partial charge on any atom is 0.408 e. The van der Waals surface area contributed by atoms with Crippen LogP contribution >= 0.6 is 0 Å². The van der Waals surface area contributed by atoms with Crippen molar-refractivity contribution in [2.24, 2.45) is 0 Å². The van der Waals surface area contributed by atoms with Gasteiger partial charge < -0.3 is 25.3 Å². The molecule has 0 aromatic heterocycles. The summed E-state index contributed by atoms with van der Waals surface area (Å²) in [5.74, 6) is -2.04. The summed E-state index contributed by atoms with van der Waals surface area (Å²) in [6, 6.07) is 17.2. The van der Waals surface area contributed by atoms with Crippen LogP contribution in [0.3, 0.4) is 0 Å². The molecule has 0 saturated carbocycles. The maximum absolute atomic E-state index is 12.2. The molecule has 136 valence electrons. The Balaban J connectivity index is 1.96. The van der Waals surface area contributed by atoms with Crippen LogP contribution in [0.25, 0.3) is 0 Å². The SMILES string of the molecule is O=C([O-])CNC(=O)[C@H](Cc1ccccc1)NC(=O)OCc1ccccc1. The van der Waals surface area contributed by atoms with Gasteiger partial charge in [0.1, 0.15) is 12.6 Å². The number of rotatable bonds is 8. The summed E-state index contributed by atoms with van der Waals surface area (Å²) >= 11 is 0. The number of carbonyl (C=O) groups excluding carboxylic acids is 3. The first-order chi connectivity index (χ1) is 12.5. The number of nitrogens with one attached hydrogen (secondary N) is 2. The molecule has 2 aromatic carbocycles. The summed E-state index contributed by atoms with van der Waals surface area (Å²) in [4.78, 5) is 34.7. The highest BCUT2D eigenvalue weighted by Gasteiger charge is 2.21. The average Bonchev–Trinajstić information content (AvgIpc) is 2.65. The van der Waals surface area contributed by atoms with Crippen LogP contribution in [-0.2, 0) is 27.4 Å². The Labute approximate surface area is 151 Å². The highest BCUT2D eigenvalue weighted by Crippen LogP contribution is 2.05. The second-order valence-electron chi connectivity index (χ2n) is 5.54. The molecule has 0 spiro atoms. The average molecular weight is 355 g/mol. The summed E-state index contributed by atoms with van der Waals surface area (Å²) in [7, 11) is 0. The van der Waals surface area contributed by atoms with Crippen LogP contribution in [0.1, 0.15) is 11.1 Å². The van der Waals surface area contributed by atoms with Gasteiger partial charge >= 0.3 is 6.09 Å². The lowest BCUT2D eigenvalue weighted by molar-refractivity contribution is -0.304. The predicted octanol–water partition coefficient (Wildman–Crippen LogP) is 0.390. The third-order valence-electron chi connectivity index (χ3n) is 3.51. The van der Waals surface area contributed by atoms with Crippen LogP contribution < -0.4 is 15.7 Å². The Morgan fingerprint density at radius 3 is 2.08 bits per heavy atom. The molecule has 0 aliphatic heterocycles. The molecular weight excluding hydrogens is 336 g/mol. The van der Waals surface area contributed by atoms with E-state index in [0.29, 0.717) is 0 Å². The van der Waals surface area contributed by atoms with Gasteiger partial charge in [0.05, 0.1) is 12.5 Å². The lowest BCUT2D eigenvalue weighted by atomic mass is 10.1. The number of alkyl carbamates (subject to hydrolysis) is 1. The standard InChI is InChI=1S/C19H20N2O5/c22-17(23)12-20-18(24)16(11-14-7-3-1-4-8-14)21-19(25)26-13-15-9-5-2-6-10-15/h1-10,16H,11-13H2,(H,20,24)(H,21,25)(H,22,23)/p-1/t16-/m0/s1. The van der Waals surface area contributed by atoms with Gasteiger partial charge in [-0.2, -0.15) is 0 Å². The number of aliphatic carboxylic acids is 1. The maximum atomic E-state index is 12.2. The number of carbonyl (C=O) groups is 3. The van der Waals surface area contributed by atoms with E-state index in [4.69, 9.17) is 4.74 Å². The highest BCUT2D eigenvalue weighted by atomic mass is 16.5. The predicted molar refractivity (Wildman–Crippen MR) is 91.7 cm³/mol. The van der Waals surface area contributed by atoms with Gasteiger partial charge in [-0.05, 0) is 11.1 Å². The number of carboxylic acids is 1. The van der Waals surface area contributed by atoms with Gasteiger partial charge in [-0.1, -0.05) is 60.7 Å². The number of carboxylic acid groups (broad SMARTS) is 1. The molecule has 2 amide bonds. The minimum absolute atomic E-state index is 0.0609. The number of hydrogen-bond donors (Lipinski definition) is 2. The van der Waals surface area contributed by atoms with E-state index in [1.54, 1.807) is 36.4 Å². The van der Waals surface area contributed by atoms with Crippen LogP contribution in [0.15, 0.2) is 60.7 Å². The molecule has 2 N–H and O–H groups in total. The minimum atomic E-state index is -1.41. The van der Waals surface area contributed by atoms with E-state index in [2.05, 4.69) is 10.6 Å². The van der Waals surface area contributed by atoms with Gasteiger partial charge in [-0.3, -0.25) is 4.79 Å². The van der Waals surface area contributed by atoms with E-state index < -0.39 is 30.6 Å². The Hall–Kier alpha value is -3.35. The first-order valence-corrected chi connectivity index (χ1v) is 8.03. The van der Waals surface area contributed by atoms with Crippen LogP contribution in [0.5, 0.6) is 0 Å². The molecule has 0 radical (unpaired) electrons. The first-order valence-electron chi connectivity index (χ1n) is 8.03. The molecule has 0 saturated heterocycles. The number of hydrogen-bond acceptors (Lipinski definition) is 5. The molecule has 0 aliphatic rings. The van der Waals surface area contributed by atoms with Crippen molar-refractivity contribution in [2.75, 3.05) is 6.54 Å². The lowest BCUT2D eigenvalue weighted by Crippen LogP contribution is -2.50. The number of ether oxygens (including phenoxy) is 1. The quantitative estimate of drug-likeness (QED) is 0.712. The molecule has 7 nitrogen and oxygen atoms in total. The van der Waals surface area contributed by atoms with Crippen molar-refractivity contribution < 1.29 is 24.2 Å². The Bertz CT molecular complexity index is 734. The molecule has 0 heterocycles. The fourth-order valence-corrected chi connectivity index (χ4v) is 2.25. The summed E-state index contributed by atoms with van der Waals surface area (Å²) in [5.41, 5.74) is 1.62. The summed E-state index contributed by atoms with van der Waals surface area (Å²) in [5, 5.41) is 15.2. The molecule has 26 heavy (non-hydrogen) atoms. The highest BCUT2D eigenvalue weighted by molar-refractivity contribution is 5.88. The van der Waals surface area contributed by atoms with Crippen molar-refractivity contribution >= 4 is 18.0 Å². The van der Waals surface area contributed by atoms with Gasteiger partial charge in [0.25, 0.3) is 0 Å². The molecule has 0 aliphatic carbocycles. The minimum Gasteiger partial charge on any atom is -0.548 e. The van der Waals surface area contributed by atoms with E-state index in [9.17, 15) is 19.5 Å². The molecule has 0 bridgehead atoms. The van der Waals surface area contributed by atoms with E-state index in [-0.39, 0.29) is 13.0 Å². The third kappa shape index (κ3) is 6.64. The van der Waals surface area contributed by atoms with Crippen molar-refractivity contribution in [1.82, 2.24) is 10.6 Å². The zero-order valence-corrected chi connectivity index (χ0v) is 14.0. The zero-order valence-electron chi connectivity index (χ0n) is 14.0. The Morgan fingerprint density at radius 1 is 0.923 bits per heavy atom. The zero-order chi connectivity index (χ0) is 18.8. The van der Waals surface area contributed by atoms with Gasteiger partial charge in [-0.25, -0.2) is 4.79 Å². The van der Waals surface area contributed by atoms with Gasteiger partial charge in [0.15, 0.2) is 0 Å². The molecule has 2 aromatic rings. The summed E-state index contributed by atoms with van der Waals surface area (Å²) in [6.07, 6.45) is -0.571. The van der Waals surface area contributed by atoms with Gasteiger partial charge in [0.2, 0.25) is 5.91 Å². The largest absolute Gasteiger partial charge is 0.548 e. The number of amides is 2. The lowest BCUT2D eigenvalue weighted by Gasteiger charge is -2.18. The van der Waals surface area contributed by atoms with E-state index >= 15 is 0 Å². The van der Waals surface area contributed by atoms with Crippen LogP contribution in [0.2, 0.25) is 0 Å². The molecular formula is C19H19N2O5-. The Morgan fingerprint density at radius 2 is 1.50 bits per heavy atom. The molecule has 2 rings (SSSR count). The van der Waals surface area contributed by atoms with Crippen molar-refractivity contribution in [2.45, 2.75) is 19.1 Å². The smallest absolute Gasteiger partial charge is 0.408 e. The second kappa shape index (κ2) is 9.83. The van der Waals surface area contributed by atoms with Gasteiger partial charge in [-0.15, -0.1) is 0 Å². The first kappa shape index (κ1) is 19.0. The topological polar surface area (TPSA) is 108 Å². The van der Waals surface area contributed by atoms with E-state index in [1.165, 1.54) is 0 Å². The molecule has 0 fully saturated rings. The normalized spacial score (nSPS) is 11.2. The fraction of sp³-hybridized carbons (Fsp3) is 0.211. The molecule has 1 atom stereocenters. The third-order valence-corrected chi connectivity index (χ3v) is 3.51. The molecule has 0 unspecified atom stereocenters. The summed E-state index contributed by atoms with van der Waals surface area (Å²) in [6.45, 7) is -0.573. The van der Waals surface area contributed by atoms with Crippen molar-refractivity contribution in [1.29, 1.82) is 0 Å². The van der Waals surface area contributed by atoms with Crippen molar-refractivity contribution in [3.8, 4) is 0 Å². The van der Waals surface area contributed by atoms with Crippen molar-refractivity contribution in [3.05, 3.63) is 71.8 Å². The van der Waals surface area contributed by atoms with E-state index in [1.807, 2.05) is 24.3 Å². The van der Waals surface area contributed by atoms with Crippen LogP contribution in [0, 0.1) is 0 Å². The van der Waals surface area contributed by atoms with Gasteiger partial charge in [0, 0.05) is 6.42 Å².